The first-order chi connectivity index (χ1) is 14.7. The van der Waals surface area contributed by atoms with E-state index in [0.29, 0.717) is 42.8 Å². The molecule has 0 aliphatic rings. The maximum Gasteiger partial charge on any atom is 0.349 e. The molecule has 0 bridgehead atoms. The molecule has 3 aromatic carbocycles. The number of para-hydroxylation sites is 1. The first-order valence-electron chi connectivity index (χ1n) is 9.70. The summed E-state index contributed by atoms with van der Waals surface area (Å²) < 4.78 is 27.2. The minimum Gasteiger partial charge on any atom is -0.491 e. The lowest BCUT2D eigenvalue weighted by Crippen LogP contribution is -2.17. The number of carbonyl (C=O) groups is 1. The molecule has 0 radical (unpaired) electrons. The van der Waals surface area contributed by atoms with Crippen molar-refractivity contribution in [1.29, 1.82) is 0 Å². The predicted octanol–water partition coefficient (Wildman–Crippen LogP) is 4.88. The highest BCUT2D eigenvalue weighted by Gasteiger charge is 2.07. The molecule has 0 amide bonds. The van der Waals surface area contributed by atoms with Gasteiger partial charge in [-0.1, -0.05) is 18.2 Å². The van der Waals surface area contributed by atoms with Crippen molar-refractivity contribution in [3.8, 4) is 28.7 Å². The van der Waals surface area contributed by atoms with Gasteiger partial charge in [0.15, 0.2) is 6.61 Å². The number of rotatable bonds is 11. The Morgan fingerprint density at radius 2 is 1.23 bits per heavy atom. The average Bonchev–Trinajstić information content (AvgIpc) is 2.78. The fourth-order valence-electron chi connectivity index (χ4n) is 2.50. The fourth-order valence-corrected chi connectivity index (χ4v) is 2.50. The summed E-state index contributed by atoms with van der Waals surface area (Å²) in [6.07, 6.45) is 0. The molecule has 3 aromatic rings. The molecule has 0 heterocycles. The van der Waals surface area contributed by atoms with E-state index in [4.69, 9.17) is 23.7 Å². The number of benzene rings is 3. The lowest BCUT2D eigenvalue weighted by atomic mass is 10.3. The molecule has 0 saturated carbocycles. The summed E-state index contributed by atoms with van der Waals surface area (Å²) in [4.78, 5) is 12.0. The third-order valence-electron chi connectivity index (χ3n) is 3.92. The monoisotopic (exact) mass is 408 g/mol. The van der Waals surface area contributed by atoms with Crippen LogP contribution in [0.3, 0.4) is 0 Å². The Balaban J connectivity index is 1.41. The van der Waals surface area contributed by atoms with Gasteiger partial charge in [-0.25, -0.2) is 4.79 Å². The highest BCUT2D eigenvalue weighted by molar-refractivity contribution is 5.74. The van der Waals surface area contributed by atoms with Crippen LogP contribution in [-0.4, -0.2) is 32.4 Å². The van der Waals surface area contributed by atoms with E-state index in [9.17, 15) is 4.79 Å². The third kappa shape index (κ3) is 7.14. The van der Waals surface area contributed by atoms with E-state index in [2.05, 4.69) is 0 Å². The van der Waals surface area contributed by atoms with E-state index in [1.807, 2.05) is 37.3 Å². The highest BCUT2D eigenvalue weighted by atomic mass is 16.6. The largest absolute Gasteiger partial charge is 0.491 e. The number of hydrogen-bond acceptors (Lipinski definition) is 6. The van der Waals surface area contributed by atoms with E-state index in [-0.39, 0.29) is 6.61 Å². The standard InChI is InChI=1S/C24H24O6/c1-2-26-16-17-27-19-8-10-20(11-9-19)28-18-24(25)30-23-14-12-22(13-15-23)29-21-6-4-3-5-7-21/h3-15H,2,16-18H2,1H3. The number of esters is 1. The number of carbonyl (C=O) groups excluding carboxylic acids is 1. The molecular formula is C24H24O6. The second-order valence-electron chi connectivity index (χ2n) is 6.17. The minimum atomic E-state index is -0.497. The van der Waals surface area contributed by atoms with Crippen molar-refractivity contribution < 1.29 is 28.5 Å². The molecule has 0 atom stereocenters. The molecule has 0 fully saturated rings. The molecular weight excluding hydrogens is 384 g/mol. The van der Waals surface area contributed by atoms with Crippen LogP contribution in [0.15, 0.2) is 78.9 Å². The number of ether oxygens (including phenoxy) is 5. The van der Waals surface area contributed by atoms with Crippen molar-refractivity contribution in [2.24, 2.45) is 0 Å². The van der Waals surface area contributed by atoms with E-state index in [1.54, 1.807) is 48.5 Å². The molecule has 0 saturated heterocycles. The molecule has 30 heavy (non-hydrogen) atoms. The Morgan fingerprint density at radius 1 is 0.667 bits per heavy atom. The van der Waals surface area contributed by atoms with Crippen LogP contribution in [-0.2, 0) is 9.53 Å². The molecule has 0 aliphatic heterocycles. The topological polar surface area (TPSA) is 63.2 Å². The van der Waals surface area contributed by atoms with Gasteiger partial charge >= 0.3 is 5.97 Å². The molecule has 0 unspecified atom stereocenters. The van der Waals surface area contributed by atoms with Crippen molar-refractivity contribution in [3.63, 3.8) is 0 Å². The Bertz CT molecular complexity index is 891. The molecule has 0 aromatic heterocycles. The zero-order valence-corrected chi connectivity index (χ0v) is 16.8. The summed E-state index contributed by atoms with van der Waals surface area (Å²) in [6.45, 7) is 3.42. The van der Waals surface area contributed by atoms with E-state index in [0.717, 1.165) is 5.75 Å². The lowest BCUT2D eigenvalue weighted by Gasteiger charge is -2.09. The summed E-state index contributed by atoms with van der Waals surface area (Å²) in [5, 5.41) is 0. The molecule has 3 rings (SSSR count). The summed E-state index contributed by atoms with van der Waals surface area (Å²) in [5.41, 5.74) is 0. The molecule has 6 nitrogen and oxygen atoms in total. The second-order valence-corrected chi connectivity index (χ2v) is 6.17. The van der Waals surface area contributed by atoms with Crippen molar-refractivity contribution in [1.82, 2.24) is 0 Å². The van der Waals surface area contributed by atoms with E-state index in [1.165, 1.54) is 0 Å². The Morgan fingerprint density at radius 3 is 1.90 bits per heavy atom. The van der Waals surface area contributed by atoms with Gasteiger partial charge in [0.2, 0.25) is 0 Å². The zero-order valence-electron chi connectivity index (χ0n) is 16.8. The number of hydrogen-bond donors (Lipinski definition) is 0. The van der Waals surface area contributed by atoms with Crippen LogP contribution in [0, 0.1) is 0 Å². The van der Waals surface area contributed by atoms with Gasteiger partial charge in [0.05, 0.1) is 6.61 Å². The van der Waals surface area contributed by atoms with Gasteiger partial charge in [0, 0.05) is 6.61 Å². The summed E-state index contributed by atoms with van der Waals surface area (Å²) in [7, 11) is 0. The van der Waals surface area contributed by atoms with Gasteiger partial charge in [-0.3, -0.25) is 0 Å². The Kier molecular flexibility index (Phi) is 8.12. The summed E-state index contributed by atoms with van der Waals surface area (Å²) >= 11 is 0. The Labute approximate surface area is 175 Å². The van der Waals surface area contributed by atoms with E-state index >= 15 is 0 Å². The maximum atomic E-state index is 12.0. The van der Waals surface area contributed by atoms with Crippen LogP contribution >= 0.6 is 0 Å². The van der Waals surface area contributed by atoms with Crippen molar-refractivity contribution in [2.45, 2.75) is 6.92 Å². The van der Waals surface area contributed by atoms with Gasteiger partial charge in [-0.05, 0) is 67.6 Å². The third-order valence-corrected chi connectivity index (χ3v) is 3.92. The molecule has 0 aliphatic carbocycles. The lowest BCUT2D eigenvalue weighted by molar-refractivity contribution is -0.136. The fraction of sp³-hybridized carbons (Fsp3) is 0.208. The predicted molar refractivity (Wildman–Crippen MR) is 113 cm³/mol. The van der Waals surface area contributed by atoms with Crippen LogP contribution in [0.4, 0.5) is 0 Å². The van der Waals surface area contributed by atoms with Crippen LogP contribution < -0.4 is 18.9 Å². The molecule has 0 N–H and O–H groups in total. The van der Waals surface area contributed by atoms with Crippen molar-refractivity contribution >= 4 is 5.97 Å². The van der Waals surface area contributed by atoms with Crippen LogP contribution in [0.2, 0.25) is 0 Å². The SMILES string of the molecule is CCOCCOc1ccc(OCC(=O)Oc2ccc(Oc3ccccc3)cc2)cc1. The maximum absolute atomic E-state index is 12.0. The first-order valence-corrected chi connectivity index (χ1v) is 9.70. The van der Waals surface area contributed by atoms with Gasteiger partial charge in [-0.15, -0.1) is 0 Å². The Hall–Kier alpha value is -3.51. The summed E-state index contributed by atoms with van der Waals surface area (Å²) in [5.74, 6) is 2.58. The quantitative estimate of drug-likeness (QED) is 0.256. The highest BCUT2D eigenvalue weighted by Crippen LogP contribution is 2.23. The first kappa shape index (κ1) is 21.2. The minimum absolute atomic E-state index is 0.202. The normalized spacial score (nSPS) is 10.3. The smallest absolute Gasteiger partial charge is 0.349 e. The van der Waals surface area contributed by atoms with Crippen LogP contribution in [0.5, 0.6) is 28.7 Å². The van der Waals surface area contributed by atoms with Gasteiger partial charge in [-0.2, -0.15) is 0 Å². The van der Waals surface area contributed by atoms with E-state index < -0.39 is 5.97 Å². The molecule has 6 heteroatoms. The molecule has 0 spiro atoms. The second kappa shape index (κ2) is 11.5. The van der Waals surface area contributed by atoms with Gasteiger partial charge in [0.1, 0.15) is 35.4 Å². The van der Waals surface area contributed by atoms with Crippen LogP contribution in [0.1, 0.15) is 6.92 Å². The average molecular weight is 408 g/mol. The molecule has 156 valence electrons. The zero-order chi connectivity index (χ0) is 21.0. The van der Waals surface area contributed by atoms with Crippen molar-refractivity contribution in [3.05, 3.63) is 78.9 Å². The van der Waals surface area contributed by atoms with Gasteiger partial charge < -0.3 is 23.7 Å². The van der Waals surface area contributed by atoms with Crippen molar-refractivity contribution in [2.75, 3.05) is 26.4 Å². The van der Waals surface area contributed by atoms with Crippen LogP contribution in [0.25, 0.3) is 0 Å². The summed E-state index contributed by atoms with van der Waals surface area (Å²) in [6, 6.07) is 23.3. The van der Waals surface area contributed by atoms with Gasteiger partial charge in [0.25, 0.3) is 0 Å².